The van der Waals surface area contributed by atoms with E-state index in [9.17, 15) is 4.79 Å². The molecule has 97 heavy (non-hydrogen) atoms. The second kappa shape index (κ2) is 47.8. The average molecular weight is 1460 g/mol. The van der Waals surface area contributed by atoms with Gasteiger partial charge in [0.25, 0.3) is 0 Å². The van der Waals surface area contributed by atoms with E-state index < -0.39 is 27.6 Å². The van der Waals surface area contributed by atoms with Crippen LogP contribution in [0.25, 0.3) is 0 Å². The van der Waals surface area contributed by atoms with Crippen molar-refractivity contribution in [2.24, 2.45) is 0 Å². The number of aryl methyl sites for hydroxylation is 9. The summed E-state index contributed by atoms with van der Waals surface area (Å²) >= 11 is 6.09. The predicted molar refractivity (Wildman–Crippen MR) is 436 cm³/mol. The third-order valence-electron chi connectivity index (χ3n) is 18.1. The van der Waals surface area contributed by atoms with Crippen LogP contribution in [0.4, 0.5) is 4.79 Å². The molecule has 0 saturated heterocycles. The van der Waals surface area contributed by atoms with Gasteiger partial charge in [0, 0.05) is 0 Å². The number of halogens is 1. The zero-order valence-electron chi connectivity index (χ0n) is 60.9. The van der Waals surface area contributed by atoms with Crippen LogP contribution in [0.15, 0.2) is 218 Å². The molecule has 0 spiro atoms. The maximum absolute atomic E-state index is 9.20. The number of unbranched alkanes of at least 4 members (excludes halogenated alkanes) is 9. The van der Waals surface area contributed by atoms with Crippen LogP contribution in [0, 0.1) is 0 Å². The third-order valence-corrected chi connectivity index (χ3v) is 25.5. The van der Waals surface area contributed by atoms with Crippen molar-refractivity contribution in [3.63, 3.8) is 0 Å². The number of hydrogen-bond acceptors (Lipinski definition) is 1. The fourth-order valence-electron chi connectivity index (χ4n) is 12.1. The normalized spacial score (nSPS) is 11.0. The van der Waals surface area contributed by atoms with Gasteiger partial charge in [-0.15, -0.1) is 0 Å². The molecule has 0 bridgehead atoms. The van der Waals surface area contributed by atoms with Crippen LogP contribution in [-0.4, -0.2) is 3.84 Å². The fourth-order valence-corrected chi connectivity index (χ4v) is 18.8. The van der Waals surface area contributed by atoms with Gasteiger partial charge in [-0.3, -0.25) is 0 Å². The van der Waals surface area contributed by atoms with Gasteiger partial charge < -0.3 is 0 Å². The average Bonchev–Trinajstić information content (AvgIpc) is 0.847. The number of carbonyl (C=O) groups excluding carboxylic acids is 1. The van der Waals surface area contributed by atoms with E-state index in [1.807, 2.05) is 0 Å². The number of rotatable bonds is 36. The first kappa shape index (κ1) is 80.8. The minimum atomic E-state index is -0.522. The van der Waals surface area contributed by atoms with Crippen molar-refractivity contribution in [3.05, 3.63) is 268 Å². The molecule has 0 aliphatic carbocycles. The van der Waals surface area contributed by atoms with Gasteiger partial charge in [-0.05, 0) is 237 Å². The van der Waals surface area contributed by atoms with E-state index in [1.54, 1.807) is 0 Å². The Morgan fingerprint density at radius 2 is 0.299 bits per heavy atom. The Morgan fingerprint density at radius 1 is 0.216 bits per heavy atom. The van der Waals surface area contributed by atoms with Crippen LogP contribution in [0.3, 0.4) is 0 Å². The van der Waals surface area contributed by atoms with Crippen molar-refractivity contribution in [3.8, 4) is 0 Å². The van der Waals surface area contributed by atoms with Crippen molar-refractivity contribution in [2.75, 3.05) is 0 Å². The van der Waals surface area contributed by atoms with Crippen LogP contribution in [0.2, 0.25) is 0 Å². The Hall–Kier alpha value is -5.15. The van der Waals surface area contributed by atoms with Gasteiger partial charge in [-0.2, -0.15) is 0 Å². The van der Waals surface area contributed by atoms with E-state index in [2.05, 4.69) is 292 Å². The summed E-state index contributed by atoms with van der Waals surface area (Å²) in [5, 5.41) is 13.1. The van der Waals surface area contributed by atoms with E-state index in [1.165, 1.54) is 289 Å². The van der Waals surface area contributed by atoms with E-state index in [-0.39, 0.29) is 0 Å². The maximum atomic E-state index is 9.20. The second-order valence-electron chi connectivity index (χ2n) is 26.2. The fraction of sp³-hybridized carbons (Fsp3) is 0.396. The minimum absolute atomic E-state index is 0.391. The van der Waals surface area contributed by atoms with Crippen molar-refractivity contribution < 1.29 is 23.1 Å². The molecule has 0 radical (unpaired) electrons. The van der Waals surface area contributed by atoms with Crippen molar-refractivity contribution >= 4 is 86.9 Å². The van der Waals surface area contributed by atoms with Gasteiger partial charge in [0.1, 0.15) is 0 Å². The molecule has 0 aromatic heterocycles. The molecule has 0 amide bonds. The van der Waals surface area contributed by atoms with Crippen LogP contribution >= 0.6 is 35.4 Å². The standard InChI is InChI=1S/3C30H39P.CClO.Ru.H/c3*1-4-7-10-25-13-19-28(20-14-25)31(29-21-15-26(16-22-29)11-8-5-2)30-23-17-27(18-24-30)12-9-6-3;2-1-3;;/h3*13-24H,4-12H2,1-3H3;;;. The first-order valence-electron chi connectivity index (χ1n) is 37.5. The Morgan fingerprint density at radius 3 is 0.371 bits per heavy atom. The Labute approximate surface area is 609 Å². The van der Waals surface area contributed by atoms with Crippen LogP contribution in [0.1, 0.15) is 228 Å². The quantitative estimate of drug-likeness (QED) is 0.0217. The van der Waals surface area contributed by atoms with E-state index in [0.717, 1.165) is 0 Å². The molecule has 1 nitrogen and oxygen atoms in total. The predicted octanol–water partition coefficient (Wildman–Crippen LogP) is 23.0. The van der Waals surface area contributed by atoms with Crippen molar-refractivity contribution in [1.29, 1.82) is 0 Å². The molecule has 0 N–H and O–H groups in total. The summed E-state index contributed by atoms with van der Waals surface area (Å²) in [5.74, 6) is 0. The molecular weight excluding hydrogens is 1340 g/mol. The van der Waals surface area contributed by atoms with Crippen LogP contribution in [0.5, 0.6) is 0 Å². The molecule has 0 atom stereocenters. The Bertz CT molecular complexity index is 2750. The molecule has 6 heteroatoms. The first-order chi connectivity index (χ1) is 47.5. The van der Waals surface area contributed by atoms with Gasteiger partial charge in [0.05, 0.1) is 0 Å². The monoisotopic (exact) mass is 1460 g/mol. The number of hydrogen-bond donors (Lipinski definition) is 0. The van der Waals surface area contributed by atoms with Gasteiger partial charge in [-0.1, -0.05) is 338 Å². The van der Waals surface area contributed by atoms with Gasteiger partial charge in [0.15, 0.2) is 0 Å². The molecule has 9 aromatic carbocycles. The van der Waals surface area contributed by atoms with Crippen LogP contribution in [-0.2, 0) is 76.1 Å². The molecule has 0 unspecified atom stereocenters. The molecule has 0 fully saturated rings. The summed E-state index contributed by atoms with van der Waals surface area (Å²) in [6.07, 6.45) is 33.4. The summed E-state index contributed by atoms with van der Waals surface area (Å²) in [7, 11) is -1.57. The Kier molecular flexibility index (Phi) is 39.8. The summed E-state index contributed by atoms with van der Waals surface area (Å²) in [6.45, 7) is 20.4. The van der Waals surface area contributed by atoms with E-state index >= 15 is 0 Å². The van der Waals surface area contributed by atoms with Gasteiger partial charge in [0.2, 0.25) is 0 Å². The first-order valence-corrected chi connectivity index (χ1v) is 42.9. The molecule has 0 saturated carbocycles. The number of carbonyl (C=O) groups is 1. The van der Waals surface area contributed by atoms with Crippen molar-refractivity contribution in [2.45, 2.75) is 236 Å². The van der Waals surface area contributed by atoms with Gasteiger partial charge >= 0.3 is 38.5 Å². The Balaban J connectivity index is 0.000000223. The molecule has 0 aliphatic rings. The molecule has 9 rings (SSSR count). The molecule has 518 valence electrons. The van der Waals surface area contributed by atoms with Gasteiger partial charge in [-0.25, -0.2) is 0 Å². The van der Waals surface area contributed by atoms with Crippen LogP contribution < -0.4 is 47.7 Å². The van der Waals surface area contributed by atoms with E-state index in [4.69, 9.17) is 0 Å². The summed E-state index contributed by atoms with van der Waals surface area (Å²) in [5.41, 5.74) is 13.2. The van der Waals surface area contributed by atoms with Crippen molar-refractivity contribution in [1.82, 2.24) is 0 Å². The zero-order valence-corrected chi connectivity index (χ0v) is 66.2. The summed E-state index contributed by atoms with van der Waals surface area (Å²) < 4.78 is -0.391. The SMILES string of the molecule is CCCCc1ccc(P(c2ccc(CCCC)cc2)c2ccc(CCCC)cc2)cc1.CCCCc1ccc(P(c2ccc(CCCC)cc2)c2ccc(CCCC)cc2)cc1.CCCCc1ccc(P(c2ccc(CCCC)cc2)c2ccc(CCCC)cc2)cc1.O=[C](Cl)[RuH]. The third kappa shape index (κ3) is 29.2. The zero-order chi connectivity index (χ0) is 69.2. The topological polar surface area (TPSA) is 17.1 Å². The van der Waals surface area contributed by atoms with E-state index in [0.29, 0.717) is 0 Å². The molecule has 0 heterocycles. The summed E-state index contributed by atoms with van der Waals surface area (Å²) in [4.78, 5) is 9.20. The number of benzene rings is 9. The second-order valence-corrected chi connectivity index (χ2v) is 34.6. The molecule has 9 aromatic rings. The molecular formula is C91H118ClOP3Ru. The molecule has 0 aliphatic heterocycles. The summed E-state index contributed by atoms with van der Waals surface area (Å²) in [6, 6.07) is 85.2.